The van der Waals surface area contributed by atoms with Crippen molar-refractivity contribution >= 4 is 50.2 Å². The molecule has 2 aromatic rings. The van der Waals surface area contributed by atoms with Crippen molar-refractivity contribution in [2.75, 3.05) is 0 Å². The van der Waals surface area contributed by atoms with E-state index >= 15 is 0 Å². The van der Waals surface area contributed by atoms with Crippen LogP contribution in [0.1, 0.15) is 34.2 Å². The monoisotopic (exact) mass is 361 g/mol. The molecule has 0 aliphatic heterocycles. The van der Waals surface area contributed by atoms with Crippen LogP contribution in [0.25, 0.3) is 0 Å². The Balaban J connectivity index is 1.70. The van der Waals surface area contributed by atoms with Crippen LogP contribution in [-0.4, -0.2) is 0 Å². The van der Waals surface area contributed by atoms with Crippen molar-refractivity contribution in [2.24, 2.45) is 0 Å². The van der Waals surface area contributed by atoms with Gasteiger partial charge in [-0.1, -0.05) is 11.6 Å². The van der Waals surface area contributed by atoms with E-state index in [9.17, 15) is 0 Å². The van der Waals surface area contributed by atoms with Gasteiger partial charge in [-0.3, -0.25) is 0 Å². The van der Waals surface area contributed by atoms with Gasteiger partial charge in [-0.2, -0.15) is 0 Å². The second-order valence-corrected chi connectivity index (χ2v) is 8.17. The molecular formula is C13H13BrClNS2. The Morgan fingerprint density at radius 3 is 3.11 bits per heavy atom. The standard InChI is InChI=1S/C13H13BrClNS2/c14-8-4-9(17-7-8)6-16-11-2-1-3-12-10(11)5-13(15)18-12/h4-5,7,11,16H,1-3,6H2. The highest BCUT2D eigenvalue weighted by Crippen LogP contribution is 2.38. The van der Waals surface area contributed by atoms with Crippen molar-refractivity contribution in [1.82, 2.24) is 5.32 Å². The van der Waals surface area contributed by atoms with Gasteiger partial charge >= 0.3 is 0 Å². The van der Waals surface area contributed by atoms with E-state index < -0.39 is 0 Å². The predicted molar refractivity (Wildman–Crippen MR) is 83.9 cm³/mol. The molecule has 1 N–H and O–H groups in total. The van der Waals surface area contributed by atoms with Gasteiger partial charge in [0.05, 0.1) is 4.34 Å². The summed E-state index contributed by atoms with van der Waals surface area (Å²) in [4.78, 5) is 2.84. The van der Waals surface area contributed by atoms with Gasteiger partial charge in [0, 0.05) is 32.2 Å². The van der Waals surface area contributed by atoms with Gasteiger partial charge in [-0.25, -0.2) is 0 Å². The fourth-order valence-corrected chi connectivity index (χ4v) is 5.19. The second kappa shape index (κ2) is 5.63. The van der Waals surface area contributed by atoms with Crippen LogP contribution in [0, 0.1) is 0 Å². The SMILES string of the molecule is Clc1cc2c(s1)CCCC2NCc1cc(Br)cs1. The number of hydrogen-bond donors (Lipinski definition) is 1. The topological polar surface area (TPSA) is 12.0 Å². The van der Waals surface area contributed by atoms with E-state index in [-0.39, 0.29) is 0 Å². The van der Waals surface area contributed by atoms with Crippen LogP contribution in [0.3, 0.4) is 0 Å². The maximum absolute atomic E-state index is 6.12. The molecule has 5 heteroatoms. The zero-order chi connectivity index (χ0) is 12.5. The summed E-state index contributed by atoms with van der Waals surface area (Å²) in [5.74, 6) is 0. The fourth-order valence-electron chi connectivity index (χ4n) is 2.40. The van der Waals surface area contributed by atoms with Crippen LogP contribution < -0.4 is 5.32 Å². The van der Waals surface area contributed by atoms with E-state index in [0.717, 1.165) is 10.9 Å². The summed E-state index contributed by atoms with van der Waals surface area (Å²) in [5, 5.41) is 5.79. The summed E-state index contributed by atoms with van der Waals surface area (Å²) >= 11 is 13.1. The lowest BCUT2D eigenvalue weighted by atomic mass is 9.94. The summed E-state index contributed by atoms with van der Waals surface area (Å²) < 4.78 is 2.10. The molecule has 2 heterocycles. The predicted octanol–water partition coefficient (Wildman–Crippen LogP) is 5.39. The van der Waals surface area contributed by atoms with Crippen molar-refractivity contribution in [1.29, 1.82) is 0 Å². The number of aryl methyl sites for hydroxylation is 1. The molecule has 0 radical (unpaired) electrons. The van der Waals surface area contributed by atoms with Crippen LogP contribution in [0.15, 0.2) is 22.0 Å². The minimum absolute atomic E-state index is 0.471. The summed E-state index contributed by atoms with van der Waals surface area (Å²) in [6, 6.07) is 4.79. The Bertz CT molecular complexity index is 549. The van der Waals surface area contributed by atoms with Crippen molar-refractivity contribution in [3.8, 4) is 0 Å². The molecule has 0 bridgehead atoms. The van der Waals surface area contributed by atoms with Crippen LogP contribution in [0.2, 0.25) is 4.34 Å². The third-order valence-electron chi connectivity index (χ3n) is 3.23. The summed E-state index contributed by atoms with van der Waals surface area (Å²) in [6.45, 7) is 0.938. The third-order valence-corrected chi connectivity index (χ3v) is 6.27. The van der Waals surface area contributed by atoms with Crippen LogP contribution >= 0.6 is 50.2 Å². The molecule has 1 aliphatic carbocycles. The van der Waals surface area contributed by atoms with E-state index in [4.69, 9.17) is 11.6 Å². The average molecular weight is 363 g/mol. The fraction of sp³-hybridized carbons (Fsp3) is 0.385. The summed E-state index contributed by atoms with van der Waals surface area (Å²) in [5.41, 5.74) is 1.42. The number of halogens is 2. The Labute approximate surface area is 128 Å². The maximum Gasteiger partial charge on any atom is 0.0934 e. The highest BCUT2D eigenvalue weighted by Gasteiger charge is 2.22. The first-order chi connectivity index (χ1) is 8.72. The minimum Gasteiger partial charge on any atom is -0.305 e. The number of thiophene rings is 2. The highest BCUT2D eigenvalue weighted by atomic mass is 79.9. The number of nitrogens with one attached hydrogen (secondary N) is 1. The van der Waals surface area contributed by atoms with Crippen molar-refractivity contribution in [2.45, 2.75) is 31.8 Å². The van der Waals surface area contributed by atoms with Gasteiger partial charge in [0.15, 0.2) is 0 Å². The molecule has 3 rings (SSSR count). The van der Waals surface area contributed by atoms with Gasteiger partial charge in [0.2, 0.25) is 0 Å². The number of fused-ring (bicyclic) bond motifs is 1. The Kier molecular flexibility index (Phi) is 4.11. The lowest BCUT2D eigenvalue weighted by Crippen LogP contribution is -2.23. The van der Waals surface area contributed by atoms with E-state index in [1.165, 1.54) is 39.1 Å². The first kappa shape index (κ1) is 13.1. The lowest BCUT2D eigenvalue weighted by molar-refractivity contribution is 0.465. The van der Waals surface area contributed by atoms with Crippen LogP contribution in [0.5, 0.6) is 0 Å². The van der Waals surface area contributed by atoms with E-state index in [1.807, 2.05) is 0 Å². The van der Waals surface area contributed by atoms with Crippen molar-refractivity contribution in [3.63, 3.8) is 0 Å². The molecule has 1 unspecified atom stereocenters. The zero-order valence-electron chi connectivity index (χ0n) is 9.71. The summed E-state index contributed by atoms with van der Waals surface area (Å²) in [6.07, 6.45) is 3.66. The zero-order valence-corrected chi connectivity index (χ0v) is 13.7. The second-order valence-electron chi connectivity index (χ2n) is 4.49. The molecule has 1 aliphatic rings. The molecule has 0 saturated heterocycles. The first-order valence-electron chi connectivity index (χ1n) is 5.97. The first-order valence-corrected chi connectivity index (χ1v) is 8.83. The number of rotatable bonds is 3. The van der Waals surface area contributed by atoms with Gasteiger partial charge in [-0.05, 0) is 52.9 Å². The van der Waals surface area contributed by atoms with Crippen LogP contribution in [0.4, 0.5) is 0 Å². The van der Waals surface area contributed by atoms with E-state index in [2.05, 4.69) is 38.8 Å². The number of hydrogen-bond acceptors (Lipinski definition) is 3. The Morgan fingerprint density at radius 2 is 2.33 bits per heavy atom. The molecule has 18 heavy (non-hydrogen) atoms. The van der Waals surface area contributed by atoms with E-state index in [1.54, 1.807) is 22.7 Å². The molecule has 1 atom stereocenters. The van der Waals surface area contributed by atoms with Gasteiger partial charge in [-0.15, -0.1) is 22.7 Å². The molecule has 0 aromatic carbocycles. The smallest absolute Gasteiger partial charge is 0.0934 e. The van der Waals surface area contributed by atoms with E-state index in [0.29, 0.717) is 6.04 Å². The van der Waals surface area contributed by atoms with Gasteiger partial charge in [0.1, 0.15) is 0 Å². The normalized spacial score (nSPS) is 18.9. The molecule has 0 saturated carbocycles. The van der Waals surface area contributed by atoms with Crippen LogP contribution in [-0.2, 0) is 13.0 Å². The molecule has 0 spiro atoms. The molecule has 96 valence electrons. The molecule has 1 nitrogen and oxygen atoms in total. The average Bonchev–Trinajstić information content (AvgIpc) is 2.91. The van der Waals surface area contributed by atoms with Crippen molar-refractivity contribution < 1.29 is 0 Å². The largest absolute Gasteiger partial charge is 0.305 e. The third kappa shape index (κ3) is 2.83. The highest BCUT2D eigenvalue weighted by molar-refractivity contribution is 9.10. The Hall–Kier alpha value is 0.130. The summed E-state index contributed by atoms with van der Waals surface area (Å²) in [7, 11) is 0. The lowest BCUT2D eigenvalue weighted by Gasteiger charge is -2.23. The molecule has 0 fully saturated rings. The molecular weight excluding hydrogens is 350 g/mol. The molecule has 2 aromatic heterocycles. The minimum atomic E-state index is 0.471. The van der Waals surface area contributed by atoms with Gasteiger partial charge < -0.3 is 5.32 Å². The Morgan fingerprint density at radius 1 is 1.44 bits per heavy atom. The van der Waals surface area contributed by atoms with Gasteiger partial charge in [0.25, 0.3) is 0 Å². The van der Waals surface area contributed by atoms with Crippen molar-refractivity contribution in [3.05, 3.63) is 41.6 Å². The maximum atomic E-state index is 6.12. The molecule has 0 amide bonds. The quantitative estimate of drug-likeness (QED) is 0.771.